The normalized spacial score (nSPS) is 10.9. The fourth-order valence-corrected chi connectivity index (χ4v) is 3.35. The van der Waals surface area contributed by atoms with Gasteiger partial charge >= 0.3 is 0 Å². The summed E-state index contributed by atoms with van der Waals surface area (Å²) in [5.41, 5.74) is 3.05. The molecule has 0 unspecified atom stereocenters. The molecule has 0 saturated carbocycles. The minimum Gasteiger partial charge on any atom is -0.506 e. The van der Waals surface area contributed by atoms with Crippen LogP contribution < -0.4 is 10.6 Å². The zero-order valence-electron chi connectivity index (χ0n) is 16.1. The fraction of sp³-hybridized carbons (Fsp3) is 0.0909. The van der Waals surface area contributed by atoms with Gasteiger partial charge in [0.2, 0.25) is 5.91 Å². The summed E-state index contributed by atoms with van der Waals surface area (Å²) in [6.45, 7) is 3.81. The van der Waals surface area contributed by atoms with Gasteiger partial charge in [0.15, 0.2) is 5.11 Å². The Morgan fingerprint density at radius 1 is 1.10 bits per heavy atom. The third-order valence-corrected chi connectivity index (χ3v) is 5.07. The van der Waals surface area contributed by atoms with Gasteiger partial charge in [0.25, 0.3) is 0 Å². The maximum Gasteiger partial charge on any atom is 0.250 e. The zero-order valence-corrected chi connectivity index (χ0v) is 18.5. The van der Waals surface area contributed by atoms with Crippen LogP contribution in [0.1, 0.15) is 16.9 Å². The predicted molar refractivity (Wildman–Crippen MR) is 125 cm³/mol. The number of hydrogen-bond acceptors (Lipinski definition) is 4. The monoisotopic (exact) mass is 460 g/mol. The Morgan fingerprint density at radius 3 is 2.57 bits per heavy atom. The number of benzene rings is 2. The summed E-state index contributed by atoms with van der Waals surface area (Å²) in [4.78, 5) is 12.1. The molecule has 154 valence electrons. The first-order valence-electron chi connectivity index (χ1n) is 8.88. The standard InChI is InChI=1S/C22H18Cl2N2O3S/c1-12-9-18(19(27)10-13(12)2)25-22(30)26-21(28)8-5-15-4-7-20(29-15)16-6-3-14(23)11-17(16)24/h3-11,27H,1-2H3,(H2,25,26,28,30)/b8-5+. The maximum absolute atomic E-state index is 12.1. The number of carbonyl (C=O) groups excluding carboxylic acids is 1. The molecule has 3 N–H and O–H groups in total. The van der Waals surface area contributed by atoms with Gasteiger partial charge in [-0.25, -0.2) is 0 Å². The lowest BCUT2D eigenvalue weighted by atomic mass is 10.1. The van der Waals surface area contributed by atoms with Gasteiger partial charge in [-0.1, -0.05) is 23.2 Å². The number of phenols is 1. The predicted octanol–water partition coefficient (Wildman–Crippen LogP) is 6.10. The third kappa shape index (κ3) is 5.42. The van der Waals surface area contributed by atoms with E-state index >= 15 is 0 Å². The van der Waals surface area contributed by atoms with Crippen molar-refractivity contribution in [3.05, 3.63) is 75.5 Å². The summed E-state index contributed by atoms with van der Waals surface area (Å²) in [6, 6.07) is 12.0. The highest BCUT2D eigenvalue weighted by atomic mass is 35.5. The highest BCUT2D eigenvalue weighted by Gasteiger charge is 2.10. The molecular formula is C22H18Cl2N2O3S. The lowest BCUT2D eigenvalue weighted by molar-refractivity contribution is -0.115. The van der Waals surface area contributed by atoms with E-state index < -0.39 is 5.91 Å². The van der Waals surface area contributed by atoms with Crippen molar-refractivity contribution in [2.45, 2.75) is 13.8 Å². The first kappa shape index (κ1) is 21.9. The fourth-order valence-electron chi connectivity index (χ4n) is 2.64. The number of aryl methyl sites for hydroxylation is 2. The van der Waals surface area contributed by atoms with Gasteiger partial charge in [0.05, 0.1) is 10.7 Å². The van der Waals surface area contributed by atoms with Gasteiger partial charge in [0.1, 0.15) is 17.3 Å². The summed E-state index contributed by atoms with van der Waals surface area (Å²) in [5, 5.41) is 16.4. The van der Waals surface area contributed by atoms with Crippen LogP contribution in [0.3, 0.4) is 0 Å². The zero-order chi connectivity index (χ0) is 21.8. The largest absolute Gasteiger partial charge is 0.506 e. The van der Waals surface area contributed by atoms with Crippen LogP contribution in [-0.4, -0.2) is 16.1 Å². The van der Waals surface area contributed by atoms with Crippen molar-refractivity contribution < 1.29 is 14.3 Å². The average Bonchev–Trinajstić information content (AvgIpc) is 3.13. The Kier molecular flexibility index (Phi) is 6.82. The Balaban J connectivity index is 1.62. The molecule has 1 heterocycles. The first-order chi connectivity index (χ1) is 14.2. The number of amides is 1. The molecule has 1 amide bonds. The lowest BCUT2D eigenvalue weighted by Gasteiger charge is -2.12. The Labute approximate surface area is 189 Å². The van der Waals surface area contributed by atoms with Crippen LogP contribution >= 0.6 is 35.4 Å². The molecule has 3 rings (SSSR count). The number of thiocarbonyl (C=S) groups is 1. The lowest BCUT2D eigenvalue weighted by Crippen LogP contribution is -2.32. The summed E-state index contributed by atoms with van der Waals surface area (Å²) >= 11 is 17.2. The number of carbonyl (C=O) groups is 1. The summed E-state index contributed by atoms with van der Waals surface area (Å²) in [7, 11) is 0. The number of rotatable bonds is 4. The summed E-state index contributed by atoms with van der Waals surface area (Å²) in [6.07, 6.45) is 2.80. The summed E-state index contributed by atoms with van der Waals surface area (Å²) in [5.74, 6) is 0.628. The molecule has 0 aliphatic heterocycles. The van der Waals surface area contributed by atoms with Crippen LogP contribution in [0.5, 0.6) is 5.75 Å². The van der Waals surface area contributed by atoms with Crippen LogP contribution in [0, 0.1) is 13.8 Å². The quantitative estimate of drug-likeness (QED) is 0.249. The summed E-state index contributed by atoms with van der Waals surface area (Å²) < 4.78 is 5.71. The van der Waals surface area contributed by atoms with E-state index in [4.69, 9.17) is 39.8 Å². The Hall–Kier alpha value is -2.80. The van der Waals surface area contributed by atoms with Crippen LogP contribution in [0.25, 0.3) is 17.4 Å². The number of halogens is 2. The molecule has 5 nitrogen and oxygen atoms in total. The second-order valence-electron chi connectivity index (χ2n) is 6.56. The van der Waals surface area contributed by atoms with Crippen molar-refractivity contribution in [1.82, 2.24) is 5.32 Å². The SMILES string of the molecule is Cc1cc(O)c(NC(=S)NC(=O)/C=C/c2ccc(-c3ccc(Cl)cc3Cl)o2)cc1C. The van der Waals surface area contributed by atoms with E-state index in [1.54, 1.807) is 42.5 Å². The molecular weight excluding hydrogens is 443 g/mol. The molecule has 0 saturated heterocycles. The highest BCUT2D eigenvalue weighted by molar-refractivity contribution is 7.80. The molecule has 1 aromatic heterocycles. The first-order valence-corrected chi connectivity index (χ1v) is 10.0. The second-order valence-corrected chi connectivity index (χ2v) is 7.81. The number of anilines is 1. The van der Waals surface area contributed by atoms with Gasteiger partial charge < -0.3 is 14.8 Å². The van der Waals surface area contributed by atoms with Gasteiger partial charge in [-0.3, -0.25) is 10.1 Å². The maximum atomic E-state index is 12.1. The number of furan rings is 1. The van der Waals surface area contributed by atoms with Gasteiger partial charge in [0, 0.05) is 16.7 Å². The van der Waals surface area contributed by atoms with Gasteiger partial charge in [-0.2, -0.15) is 0 Å². The third-order valence-electron chi connectivity index (χ3n) is 4.32. The molecule has 3 aromatic rings. The molecule has 0 fully saturated rings. The van der Waals surface area contributed by atoms with Crippen LogP contribution in [0.15, 0.2) is 53.0 Å². The van der Waals surface area contributed by atoms with Crippen LogP contribution in [0.2, 0.25) is 10.0 Å². The minimum absolute atomic E-state index is 0.0502. The number of aromatic hydroxyl groups is 1. The van der Waals surface area contributed by atoms with E-state index in [1.807, 2.05) is 13.8 Å². The van der Waals surface area contributed by atoms with E-state index in [2.05, 4.69) is 10.6 Å². The molecule has 0 aliphatic rings. The molecule has 30 heavy (non-hydrogen) atoms. The van der Waals surface area contributed by atoms with Crippen molar-refractivity contribution in [2.75, 3.05) is 5.32 Å². The van der Waals surface area contributed by atoms with Gasteiger partial charge in [-0.05, 0) is 85.7 Å². The molecule has 0 aliphatic carbocycles. The molecule has 0 radical (unpaired) electrons. The molecule has 2 aromatic carbocycles. The Bertz CT molecular complexity index is 1160. The van der Waals surface area contributed by atoms with Crippen molar-refractivity contribution in [1.29, 1.82) is 0 Å². The van der Waals surface area contributed by atoms with Crippen LogP contribution in [0.4, 0.5) is 5.69 Å². The van der Waals surface area contributed by atoms with Crippen molar-refractivity contribution in [3.63, 3.8) is 0 Å². The average molecular weight is 461 g/mol. The number of nitrogens with one attached hydrogen (secondary N) is 2. The number of phenolic OH excluding ortho intramolecular Hbond substituents is 1. The molecule has 8 heteroatoms. The molecule has 0 atom stereocenters. The molecule has 0 spiro atoms. The van der Waals surface area contributed by atoms with Crippen molar-refractivity contribution >= 4 is 58.2 Å². The highest BCUT2D eigenvalue weighted by Crippen LogP contribution is 2.31. The van der Waals surface area contributed by atoms with E-state index in [1.165, 1.54) is 12.2 Å². The second kappa shape index (κ2) is 9.34. The number of hydrogen-bond donors (Lipinski definition) is 3. The smallest absolute Gasteiger partial charge is 0.250 e. The van der Waals surface area contributed by atoms with E-state index in [9.17, 15) is 9.90 Å². The van der Waals surface area contributed by atoms with Crippen LogP contribution in [-0.2, 0) is 4.79 Å². The topological polar surface area (TPSA) is 74.5 Å². The van der Waals surface area contributed by atoms with E-state index in [0.717, 1.165) is 11.1 Å². The van der Waals surface area contributed by atoms with Crippen molar-refractivity contribution in [2.24, 2.45) is 0 Å². The van der Waals surface area contributed by atoms with E-state index in [-0.39, 0.29) is 10.9 Å². The minimum atomic E-state index is -0.446. The van der Waals surface area contributed by atoms with Crippen molar-refractivity contribution in [3.8, 4) is 17.1 Å². The Morgan fingerprint density at radius 2 is 1.83 bits per heavy atom. The van der Waals surface area contributed by atoms with Gasteiger partial charge in [-0.15, -0.1) is 0 Å². The molecule has 0 bridgehead atoms. The van der Waals surface area contributed by atoms with E-state index in [0.29, 0.717) is 32.8 Å².